The lowest BCUT2D eigenvalue weighted by Gasteiger charge is -2.31. The third-order valence-corrected chi connectivity index (χ3v) is 17.5. The summed E-state index contributed by atoms with van der Waals surface area (Å²) < 4.78 is 14.7. The number of rotatable bonds is 25. The zero-order valence-electron chi connectivity index (χ0n) is 59.4. The fourth-order valence-electron chi connectivity index (χ4n) is 11.2. The second kappa shape index (κ2) is 46.0. The van der Waals surface area contributed by atoms with Crippen LogP contribution in [0.3, 0.4) is 0 Å². The number of carboxylic acids is 1. The summed E-state index contributed by atoms with van der Waals surface area (Å²) in [5.41, 5.74) is 45.7. The van der Waals surface area contributed by atoms with Crippen molar-refractivity contribution in [2.75, 3.05) is 57.3 Å². The highest BCUT2D eigenvalue weighted by Crippen LogP contribution is 2.22. The fraction of sp³-hybridized carbons (Fsp3) is 0.561. The quantitative estimate of drug-likeness (QED) is 0.0250. The van der Waals surface area contributed by atoms with Gasteiger partial charge >= 0.3 is 5.97 Å². The van der Waals surface area contributed by atoms with Crippen LogP contribution < -0.4 is 104 Å². The number of unbranched alkanes of at least 4 members (excludes halogenated alkanes) is 1. The molecule has 0 radical (unpaired) electrons. The predicted molar refractivity (Wildman–Crippen MR) is 389 cm³/mol. The number of primary amides is 1. The third-order valence-electron chi connectivity index (χ3n) is 16.4. The van der Waals surface area contributed by atoms with Gasteiger partial charge in [0, 0.05) is 44.8 Å². The van der Waals surface area contributed by atoms with Gasteiger partial charge in [-0.2, -0.15) is 0 Å². The van der Waals surface area contributed by atoms with Gasteiger partial charge < -0.3 is 114 Å². The number of guanidine groups is 3. The lowest BCUT2D eigenvalue weighted by atomic mass is 10.00. The minimum atomic E-state index is -1.93. The fourth-order valence-corrected chi connectivity index (χ4v) is 12.1. The molecule has 2 saturated heterocycles. The van der Waals surface area contributed by atoms with Crippen LogP contribution in [0.4, 0.5) is 4.39 Å². The molecular formula is C66H102FN23O15S. The number of nitrogens with zero attached hydrogens (tertiary/aromatic N) is 4. The Hall–Kier alpha value is -10.9. The topological polar surface area (TPSA) is 640 Å². The molecule has 28 N–H and O–H groups in total. The van der Waals surface area contributed by atoms with Crippen molar-refractivity contribution in [2.24, 2.45) is 66.8 Å². The maximum Gasteiger partial charge on any atom is 0.305 e. The average Bonchev–Trinajstić information content (AvgIpc) is 1.59. The summed E-state index contributed by atoms with van der Waals surface area (Å²) in [4.78, 5) is 209. The normalized spacial score (nSPS) is 23.0. The maximum atomic E-state index is 15.1. The van der Waals surface area contributed by atoms with Gasteiger partial charge in [-0.05, 0) is 113 Å². The Kier molecular flexibility index (Phi) is 38.0. The molecule has 0 aliphatic carbocycles. The molecule has 0 bridgehead atoms. The molecule has 13 amide bonds. The number of carboxylic acid groups (broad SMARTS) is 1. The van der Waals surface area contributed by atoms with Crippen molar-refractivity contribution in [2.45, 2.75) is 171 Å². The van der Waals surface area contributed by atoms with Crippen molar-refractivity contribution in [1.29, 1.82) is 0 Å². The number of benzene rings is 2. The summed E-state index contributed by atoms with van der Waals surface area (Å²) >= 11 is 0.784. The van der Waals surface area contributed by atoms with Crippen molar-refractivity contribution in [3.63, 3.8) is 0 Å². The molecule has 10 atom stereocenters. The molecule has 2 fully saturated rings. The number of nitrogens with two attached hydrogens (primary N) is 8. The molecule has 38 nitrogen and oxygen atoms in total. The van der Waals surface area contributed by atoms with Gasteiger partial charge in [0.2, 0.25) is 76.8 Å². The minimum Gasteiger partial charge on any atom is -0.481 e. The molecule has 4 rings (SSSR count). The standard InChI is InChI=1S/C66H102FN23O15S/c1-36(2)27-44-58(100)84-42(19-10-24-77-65(72)73)57(99)88-46(29-37-13-4-3-5-14-37)60(102)86-43(20-11-25-78-66(74)75)63(105)90-26-12-21-49(90)62(104)85-41(17-6-7-22-68)56(98)89-47(31-53(94)95)61(103)83-40(18-9-23-76-64(70)71)55(97)80-32-50(91)79-33-51(92)82-48(54(69)96)34-106-35-52(93)81-45(59(101)87-44)30-38-15-8-16-39(67)28-38/h3-5,8,13-16,28,36,40-49H,6-7,9-12,17-27,29-35,68H2,1-2H3,(H2,69,96)(H,79,91)(H,80,97)(H,81,93)(H,82,92)(H,83,103)(H,84,100)(H,85,104)(H,86,102)(H,87,101)(H,88,99)(H,89,98)(H,94,95)(H4,70,71,76)(H4,72,73,77)(H4,74,75,78)/t40-,41-,42-,43-,44-,45-,46-,47-,48-,49-/m0/s1. The van der Waals surface area contributed by atoms with Gasteiger partial charge in [-0.15, -0.1) is 11.8 Å². The van der Waals surface area contributed by atoms with Crippen molar-refractivity contribution in [3.8, 4) is 0 Å². The molecule has 0 saturated carbocycles. The number of aliphatic carboxylic acids is 1. The molecule has 40 heteroatoms. The van der Waals surface area contributed by atoms with Crippen molar-refractivity contribution < 1.29 is 76.6 Å². The van der Waals surface area contributed by atoms with Crippen molar-refractivity contribution in [3.05, 3.63) is 71.5 Å². The largest absolute Gasteiger partial charge is 0.481 e. The molecule has 0 spiro atoms. The Morgan fingerprint density at radius 3 is 1.56 bits per heavy atom. The van der Waals surface area contributed by atoms with E-state index in [0.29, 0.717) is 12.0 Å². The minimum absolute atomic E-state index is 0.00959. The summed E-state index contributed by atoms with van der Waals surface area (Å²) in [5, 5.41) is 37.8. The molecule has 2 aliphatic heterocycles. The molecule has 584 valence electrons. The SMILES string of the molecule is CC(C)C[C@@H]1NC(=O)[C@H](Cc2cccc(F)c2)NC(=O)CSC[C@@H](C(N)=O)NC(=O)CNC(=O)CNC(=O)[C@H](CCCN=C(N)N)NC(=O)[C@H](CC(=O)O)NC(=O)[C@H](CCCCN)NC(=O)[C@@H]2CCCN2C(=O)[C@H](CCCN=C(N)N)NC(=O)[C@H](Cc2ccccc2)NC(=O)[C@H](CCCN=C(N)N)NC1=O. The van der Waals surface area contributed by atoms with Gasteiger partial charge in [0.25, 0.3) is 0 Å². The van der Waals surface area contributed by atoms with Gasteiger partial charge in [-0.3, -0.25) is 82.1 Å². The smallest absolute Gasteiger partial charge is 0.305 e. The van der Waals surface area contributed by atoms with Crippen LogP contribution in [0.25, 0.3) is 0 Å². The van der Waals surface area contributed by atoms with E-state index in [1.54, 1.807) is 44.2 Å². The van der Waals surface area contributed by atoms with E-state index < -0.39 is 174 Å². The first-order valence-electron chi connectivity index (χ1n) is 34.6. The molecular weight excluding hydrogens is 1410 g/mol. The first kappa shape index (κ1) is 87.5. The van der Waals surface area contributed by atoms with E-state index in [2.05, 4.69) is 73.5 Å². The molecule has 2 aromatic rings. The van der Waals surface area contributed by atoms with E-state index in [-0.39, 0.29) is 151 Å². The molecule has 2 aliphatic rings. The van der Waals surface area contributed by atoms with Gasteiger partial charge in [0.1, 0.15) is 66.2 Å². The zero-order valence-corrected chi connectivity index (χ0v) is 60.2. The van der Waals surface area contributed by atoms with E-state index in [4.69, 9.17) is 45.9 Å². The number of hydrogen-bond donors (Lipinski definition) is 20. The molecule has 0 aromatic heterocycles. The molecule has 106 heavy (non-hydrogen) atoms. The van der Waals surface area contributed by atoms with Crippen LogP contribution in [0.5, 0.6) is 0 Å². The van der Waals surface area contributed by atoms with Crippen LogP contribution >= 0.6 is 11.8 Å². The van der Waals surface area contributed by atoms with E-state index in [1.807, 2.05) is 0 Å². The van der Waals surface area contributed by atoms with Gasteiger partial charge in [0.05, 0.1) is 25.3 Å². The number of hydrogen-bond acceptors (Lipinski definition) is 19. The number of halogens is 1. The van der Waals surface area contributed by atoms with Crippen LogP contribution in [0, 0.1) is 11.7 Å². The first-order chi connectivity index (χ1) is 50.3. The highest BCUT2D eigenvalue weighted by atomic mass is 32.2. The van der Waals surface area contributed by atoms with Crippen LogP contribution in [0.1, 0.15) is 108 Å². The Balaban J connectivity index is 1.85. The van der Waals surface area contributed by atoms with Gasteiger partial charge in [-0.25, -0.2) is 4.39 Å². The number of carbonyl (C=O) groups excluding carboxylic acids is 13. The Morgan fingerprint density at radius 1 is 0.528 bits per heavy atom. The zero-order chi connectivity index (χ0) is 78.4. The number of amides is 13. The maximum absolute atomic E-state index is 15.1. The summed E-state index contributed by atoms with van der Waals surface area (Å²) in [6.45, 7) is 1.81. The van der Waals surface area contributed by atoms with E-state index >= 15 is 9.59 Å². The van der Waals surface area contributed by atoms with Crippen molar-refractivity contribution >= 4 is 112 Å². The summed E-state index contributed by atoms with van der Waals surface area (Å²) in [5.74, 6) is -16.7. The second-order valence-electron chi connectivity index (χ2n) is 25.7. The van der Waals surface area contributed by atoms with Crippen LogP contribution in [-0.4, -0.2) is 228 Å². The lowest BCUT2D eigenvalue weighted by molar-refractivity contribution is -0.143. The summed E-state index contributed by atoms with van der Waals surface area (Å²) in [7, 11) is 0. The predicted octanol–water partition coefficient (Wildman–Crippen LogP) is -6.76. The Bertz CT molecular complexity index is 3450. The number of fused-ring (bicyclic) bond motifs is 1. The van der Waals surface area contributed by atoms with Crippen LogP contribution in [0.15, 0.2) is 69.6 Å². The van der Waals surface area contributed by atoms with E-state index in [1.165, 1.54) is 17.0 Å². The summed E-state index contributed by atoms with van der Waals surface area (Å²) in [6.07, 6.45) is -1.42. The number of thioether (sulfide) groups is 1. The van der Waals surface area contributed by atoms with Gasteiger partial charge in [-0.1, -0.05) is 56.3 Å². The van der Waals surface area contributed by atoms with Crippen LogP contribution in [-0.2, 0) is 80.0 Å². The lowest BCUT2D eigenvalue weighted by Crippen LogP contribution is -2.60. The Morgan fingerprint density at radius 2 is 1.00 bits per heavy atom. The molecule has 2 aromatic carbocycles. The number of aliphatic imine (C=N–C) groups is 3. The van der Waals surface area contributed by atoms with E-state index in [0.717, 1.165) is 23.9 Å². The average molecular weight is 1510 g/mol. The Labute approximate surface area is 616 Å². The van der Waals surface area contributed by atoms with Gasteiger partial charge in [0.15, 0.2) is 17.9 Å². The highest BCUT2D eigenvalue weighted by Gasteiger charge is 2.41. The van der Waals surface area contributed by atoms with Crippen molar-refractivity contribution in [1.82, 2.24) is 63.4 Å². The number of nitrogens with one attached hydrogen (secondary N) is 11. The van der Waals surface area contributed by atoms with Crippen LogP contribution in [0.2, 0.25) is 0 Å². The molecule has 0 unspecified atom stereocenters. The van der Waals surface area contributed by atoms with E-state index in [9.17, 15) is 67.0 Å². The summed E-state index contributed by atoms with van der Waals surface area (Å²) in [6, 6.07) is -1.66. The monoisotopic (exact) mass is 1510 g/mol. The highest BCUT2D eigenvalue weighted by molar-refractivity contribution is 8.00. The number of carbonyl (C=O) groups is 14. The second-order valence-corrected chi connectivity index (χ2v) is 26.7. The first-order valence-corrected chi connectivity index (χ1v) is 35.8. The third kappa shape index (κ3) is 32.8. The molecule has 2 heterocycles.